The summed E-state index contributed by atoms with van der Waals surface area (Å²) in [6.45, 7) is 2.78. The Morgan fingerprint density at radius 1 is 1.28 bits per heavy atom. The van der Waals surface area contributed by atoms with Crippen LogP contribution in [0.3, 0.4) is 0 Å². The topological polar surface area (TPSA) is 118 Å². The maximum Gasteiger partial charge on any atom is 0.409 e. The van der Waals surface area contributed by atoms with Crippen molar-refractivity contribution in [3.63, 3.8) is 0 Å². The monoisotopic (exact) mass is 351 g/mol. The number of aromatic carboxylic acids is 1. The van der Waals surface area contributed by atoms with Crippen LogP contribution in [0.25, 0.3) is 0 Å². The van der Waals surface area contributed by atoms with E-state index in [9.17, 15) is 19.2 Å². The molecule has 1 aliphatic rings. The van der Waals surface area contributed by atoms with Gasteiger partial charge in [0.05, 0.1) is 12.2 Å². The molecule has 0 radical (unpaired) electrons. The lowest BCUT2D eigenvalue weighted by atomic mass is 10.1. The maximum absolute atomic E-state index is 12.1. The first-order valence-electron chi connectivity index (χ1n) is 8.05. The number of aromatic nitrogens is 1. The number of nitrogens with one attached hydrogen (secondary N) is 1. The molecule has 9 heteroatoms. The van der Waals surface area contributed by atoms with Crippen molar-refractivity contribution in [3.8, 4) is 0 Å². The van der Waals surface area contributed by atoms with Crippen molar-refractivity contribution in [2.24, 2.45) is 0 Å². The van der Waals surface area contributed by atoms with Crippen LogP contribution in [0.2, 0.25) is 0 Å². The normalized spacial score (nSPS) is 14.8. The fraction of sp³-hybridized carbons (Fsp3) is 0.500. The molecule has 1 aromatic heterocycles. The summed E-state index contributed by atoms with van der Waals surface area (Å²) in [5.41, 5.74) is -0.507. The number of carboxylic acid groups (broad SMARTS) is 1. The molecule has 9 nitrogen and oxygen atoms in total. The van der Waals surface area contributed by atoms with Crippen LogP contribution in [-0.2, 0) is 16.1 Å². The highest BCUT2D eigenvalue weighted by Gasteiger charge is 2.24. The second-order valence-corrected chi connectivity index (χ2v) is 5.72. The molecule has 25 heavy (non-hydrogen) atoms. The Bertz CT molecular complexity index is 706. The lowest BCUT2D eigenvalue weighted by Gasteiger charge is -2.31. The van der Waals surface area contributed by atoms with Gasteiger partial charge < -0.3 is 24.6 Å². The molecule has 0 bridgehead atoms. The second-order valence-electron chi connectivity index (χ2n) is 5.72. The van der Waals surface area contributed by atoms with E-state index in [-0.39, 0.29) is 30.2 Å². The molecule has 0 saturated carbocycles. The lowest BCUT2D eigenvalue weighted by molar-refractivity contribution is -0.122. The minimum atomic E-state index is -1.17. The van der Waals surface area contributed by atoms with Gasteiger partial charge in [-0.3, -0.25) is 9.59 Å². The summed E-state index contributed by atoms with van der Waals surface area (Å²) in [7, 11) is 0. The summed E-state index contributed by atoms with van der Waals surface area (Å²) in [4.78, 5) is 48.0. The van der Waals surface area contributed by atoms with Crippen LogP contribution < -0.4 is 10.9 Å². The summed E-state index contributed by atoms with van der Waals surface area (Å²) < 4.78 is 6.00. The first-order valence-corrected chi connectivity index (χ1v) is 8.05. The summed E-state index contributed by atoms with van der Waals surface area (Å²) in [5.74, 6) is -1.54. The zero-order chi connectivity index (χ0) is 18.4. The van der Waals surface area contributed by atoms with Crippen molar-refractivity contribution in [1.29, 1.82) is 0 Å². The van der Waals surface area contributed by atoms with E-state index < -0.39 is 11.5 Å². The Labute approximate surface area is 144 Å². The summed E-state index contributed by atoms with van der Waals surface area (Å²) in [6, 6.07) is 2.22. The number of nitrogens with zero attached hydrogens (tertiary/aromatic N) is 2. The standard InChI is InChI=1S/C16H21N3O6/c1-2-25-16(24)18-7-5-12(6-8-18)17-13(20)10-19-9-11(15(22)23)3-4-14(19)21/h3-4,9,12H,2,5-8,10H2,1H3,(H,17,20)(H,22,23). The predicted molar refractivity (Wildman–Crippen MR) is 87.4 cm³/mol. The highest BCUT2D eigenvalue weighted by atomic mass is 16.6. The van der Waals surface area contributed by atoms with Gasteiger partial charge in [-0.2, -0.15) is 0 Å². The number of pyridine rings is 1. The number of ether oxygens (including phenoxy) is 1. The smallest absolute Gasteiger partial charge is 0.409 e. The predicted octanol–water partition coefficient (Wildman–Crippen LogP) is 0.284. The number of piperidine rings is 1. The molecule has 136 valence electrons. The Balaban J connectivity index is 1.88. The largest absolute Gasteiger partial charge is 0.478 e. The van der Waals surface area contributed by atoms with Crippen LogP contribution in [0, 0.1) is 0 Å². The van der Waals surface area contributed by atoms with Gasteiger partial charge in [-0.15, -0.1) is 0 Å². The zero-order valence-electron chi connectivity index (χ0n) is 13.9. The third-order valence-corrected chi connectivity index (χ3v) is 3.93. The quantitative estimate of drug-likeness (QED) is 0.787. The molecule has 2 amide bonds. The average Bonchev–Trinajstić information content (AvgIpc) is 2.57. The zero-order valence-corrected chi connectivity index (χ0v) is 13.9. The number of carbonyl (C=O) groups excluding carboxylic acids is 2. The lowest BCUT2D eigenvalue weighted by Crippen LogP contribution is -2.47. The number of carboxylic acids is 1. The van der Waals surface area contributed by atoms with Gasteiger partial charge in [0.1, 0.15) is 6.54 Å². The molecule has 1 saturated heterocycles. The number of likely N-dealkylation sites (tertiary alicyclic amines) is 1. The summed E-state index contributed by atoms with van der Waals surface area (Å²) >= 11 is 0. The third-order valence-electron chi connectivity index (χ3n) is 3.93. The third kappa shape index (κ3) is 5.07. The molecular weight excluding hydrogens is 330 g/mol. The van der Waals surface area contributed by atoms with E-state index in [2.05, 4.69) is 5.32 Å². The van der Waals surface area contributed by atoms with Gasteiger partial charge in [0, 0.05) is 31.4 Å². The highest BCUT2D eigenvalue weighted by molar-refractivity contribution is 5.87. The van der Waals surface area contributed by atoms with Crippen LogP contribution in [0.15, 0.2) is 23.1 Å². The Kier molecular flexibility index (Phi) is 6.15. The van der Waals surface area contributed by atoms with Crippen LogP contribution in [-0.4, -0.2) is 58.3 Å². The molecule has 0 spiro atoms. The number of carbonyl (C=O) groups is 3. The van der Waals surface area contributed by atoms with E-state index in [1.807, 2.05) is 0 Å². The van der Waals surface area contributed by atoms with E-state index in [1.165, 1.54) is 6.07 Å². The SMILES string of the molecule is CCOC(=O)N1CCC(NC(=O)Cn2cc(C(=O)O)ccc2=O)CC1. The van der Waals surface area contributed by atoms with Crippen LogP contribution in [0.5, 0.6) is 0 Å². The minimum Gasteiger partial charge on any atom is -0.478 e. The van der Waals surface area contributed by atoms with Crippen LogP contribution in [0.1, 0.15) is 30.1 Å². The van der Waals surface area contributed by atoms with E-state index in [1.54, 1.807) is 11.8 Å². The fourth-order valence-electron chi connectivity index (χ4n) is 2.63. The number of rotatable bonds is 5. The second kappa shape index (κ2) is 8.32. The maximum atomic E-state index is 12.1. The van der Waals surface area contributed by atoms with Crippen LogP contribution in [0.4, 0.5) is 4.79 Å². The van der Waals surface area contributed by atoms with Gasteiger partial charge in [-0.25, -0.2) is 9.59 Å². The van der Waals surface area contributed by atoms with Gasteiger partial charge in [0.25, 0.3) is 5.56 Å². The van der Waals surface area contributed by atoms with E-state index >= 15 is 0 Å². The van der Waals surface area contributed by atoms with E-state index in [0.29, 0.717) is 32.5 Å². The van der Waals surface area contributed by atoms with Gasteiger partial charge in [0.15, 0.2) is 0 Å². The first kappa shape index (κ1) is 18.5. The first-order chi connectivity index (χ1) is 11.9. The highest BCUT2D eigenvalue weighted by Crippen LogP contribution is 2.11. The fourth-order valence-corrected chi connectivity index (χ4v) is 2.63. The van der Waals surface area contributed by atoms with Crippen molar-refractivity contribution in [2.75, 3.05) is 19.7 Å². The molecule has 0 aromatic carbocycles. The Morgan fingerprint density at radius 2 is 1.96 bits per heavy atom. The van der Waals surface area contributed by atoms with Gasteiger partial charge >= 0.3 is 12.1 Å². The number of amides is 2. The van der Waals surface area contributed by atoms with E-state index in [0.717, 1.165) is 16.8 Å². The van der Waals surface area contributed by atoms with Crippen molar-refractivity contribution in [2.45, 2.75) is 32.4 Å². The molecule has 2 N–H and O–H groups in total. The number of hydrogen-bond acceptors (Lipinski definition) is 5. The van der Waals surface area contributed by atoms with Gasteiger partial charge in [-0.05, 0) is 25.8 Å². The molecule has 2 heterocycles. The Hall–Kier alpha value is -2.84. The van der Waals surface area contributed by atoms with Crippen molar-refractivity contribution >= 4 is 18.0 Å². The van der Waals surface area contributed by atoms with Crippen molar-refractivity contribution in [1.82, 2.24) is 14.8 Å². The Morgan fingerprint density at radius 3 is 2.56 bits per heavy atom. The van der Waals surface area contributed by atoms with Gasteiger partial charge in [-0.1, -0.05) is 0 Å². The minimum absolute atomic E-state index is 0.0601. The molecule has 1 aromatic rings. The summed E-state index contributed by atoms with van der Waals surface area (Å²) in [5, 5.41) is 11.8. The molecular formula is C16H21N3O6. The van der Waals surface area contributed by atoms with E-state index in [4.69, 9.17) is 9.84 Å². The summed E-state index contributed by atoms with van der Waals surface area (Å²) in [6.07, 6.45) is 1.97. The molecule has 2 rings (SSSR count). The molecule has 0 aliphatic carbocycles. The average molecular weight is 351 g/mol. The molecule has 0 atom stereocenters. The molecule has 0 unspecified atom stereocenters. The van der Waals surface area contributed by atoms with Gasteiger partial charge in [0.2, 0.25) is 5.91 Å². The van der Waals surface area contributed by atoms with Crippen molar-refractivity contribution in [3.05, 3.63) is 34.2 Å². The molecule has 1 aliphatic heterocycles. The number of hydrogen-bond donors (Lipinski definition) is 2. The molecule has 1 fully saturated rings. The van der Waals surface area contributed by atoms with Crippen molar-refractivity contribution < 1.29 is 24.2 Å². The van der Waals surface area contributed by atoms with Crippen LogP contribution >= 0.6 is 0 Å².